The van der Waals surface area contributed by atoms with E-state index in [9.17, 15) is 4.39 Å². The molecule has 7 heteroatoms. The normalized spacial score (nSPS) is 11.3. The Labute approximate surface area is 306 Å². The van der Waals surface area contributed by atoms with E-state index in [1.165, 1.54) is 44.3 Å². The predicted octanol–water partition coefficient (Wildman–Crippen LogP) is 11.1. The van der Waals surface area contributed by atoms with Crippen LogP contribution in [-0.2, 0) is 13.0 Å². The van der Waals surface area contributed by atoms with Crippen molar-refractivity contribution in [3.8, 4) is 11.1 Å². The number of rotatable bonds is 12. The zero-order chi connectivity index (χ0) is 38.5. The van der Waals surface area contributed by atoms with Crippen LogP contribution in [0.15, 0.2) is 80.7 Å². The van der Waals surface area contributed by atoms with Gasteiger partial charge < -0.3 is 15.5 Å². The van der Waals surface area contributed by atoms with Crippen molar-refractivity contribution in [2.45, 2.75) is 100 Å². The van der Waals surface area contributed by atoms with Gasteiger partial charge in [-0.1, -0.05) is 78.3 Å². The number of allylic oxidation sites excluding steroid dienone is 1. The fourth-order valence-electron chi connectivity index (χ4n) is 4.89. The van der Waals surface area contributed by atoms with E-state index in [4.69, 9.17) is 5.41 Å². The molecule has 0 spiro atoms. The van der Waals surface area contributed by atoms with Gasteiger partial charge in [0.15, 0.2) is 0 Å². The molecule has 1 aliphatic rings. The van der Waals surface area contributed by atoms with Crippen LogP contribution in [-0.4, -0.2) is 54.3 Å². The Morgan fingerprint density at radius 1 is 0.980 bits per heavy atom. The summed E-state index contributed by atoms with van der Waals surface area (Å²) in [4.78, 5) is 11.0. The van der Waals surface area contributed by atoms with Gasteiger partial charge in [-0.3, -0.25) is 5.41 Å². The molecule has 0 bridgehead atoms. The molecule has 50 heavy (non-hydrogen) atoms. The summed E-state index contributed by atoms with van der Waals surface area (Å²) in [6.07, 6.45) is 12.8. The molecule has 1 saturated heterocycles. The highest BCUT2D eigenvalue weighted by atomic mass is 19.1. The van der Waals surface area contributed by atoms with E-state index in [2.05, 4.69) is 71.9 Å². The van der Waals surface area contributed by atoms with Gasteiger partial charge in [0, 0.05) is 47.9 Å². The van der Waals surface area contributed by atoms with Crippen LogP contribution in [0.2, 0.25) is 0 Å². The molecule has 0 atom stereocenters. The third-order valence-electron chi connectivity index (χ3n) is 7.47. The molecule has 0 amide bonds. The van der Waals surface area contributed by atoms with Crippen LogP contribution < -0.4 is 10.6 Å². The van der Waals surface area contributed by atoms with Gasteiger partial charge in [-0.15, -0.1) is 19.7 Å². The summed E-state index contributed by atoms with van der Waals surface area (Å²) in [7, 11) is 3.98. The lowest BCUT2D eigenvalue weighted by molar-refractivity contribution is 0.418. The maximum absolute atomic E-state index is 13.1. The lowest BCUT2D eigenvalue weighted by Gasteiger charge is -2.19. The van der Waals surface area contributed by atoms with Crippen LogP contribution in [0, 0.1) is 25.1 Å². The lowest BCUT2D eigenvalue weighted by atomic mass is 9.92. The smallest absolute Gasteiger partial charge is 0.130 e. The van der Waals surface area contributed by atoms with Gasteiger partial charge in [0.1, 0.15) is 11.6 Å². The fraction of sp³-hybridized carbons (Fsp3) is 0.465. The highest BCUT2D eigenvalue weighted by molar-refractivity contribution is 6.14. The van der Waals surface area contributed by atoms with E-state index in [0.29, 0.717) is 24.4 Å². The number of hydrogen-bond acceptors (Lipinski definition) is 6. The molecule has 2 aromatic carbocycles. The molecular weight excluding hydrogens is 620 g/mol. The monoisotopic (exact) mass is 689 g/mol. The number of nitrogens with zero attached hydrogens (tertiary/aromatic N) is 3. The molecule has 0 aliphatic carbocycles. The largest absolute Gasteiger partial charge is 0.381 e. The summed E-state index contributed by atoms with van der Waals surface area (Å²) >= 11 is 0. The second-order valence-corrected chi connectivity index (χ2v) is 11.4. The molecule has 4 rings (SSSR count). The van der Waals surface area contributed by atoms with Crippen LogP contribution in [0.3, 0.4) is 0 Å². The third-order valence-corrected chi connectivity index (χ3v) is 7.47. The Kier molecular flexibility index (Phi) is 28.8. The molecule has 0 unspecified atom stereocenters. The Morgan fingerprint density at radius 2 is 1.58 bits per heavy atom. The zero-order valence-corrected chi connectivity index (χ0v) is 33.2. The third kappa shape index (κ3) is 18.2. The van der Waals surface area contributed by atoms with E-state index in [-0.39, 0.29) is 5.82 Å². The minimum Gasteiger partial charge on any atom is -0.381 e. The van der Waals surface area contributed by atoms with Crippen molar-refractivity contribution < 1.29 is 4.39 Å². The Hall–Kier alpha value is -3.94. The molecule has 2 heterocycles. The predicted molar refractivity (Wildman–Crippen MR) is 220 cm³/mol. The maximum atomic E-state index is 13.1. The van der Waals surface area contributed by atoms with Crippen molar-refractivity contribution in [3.63, 3.8) is 0 Å². The number of likely N-dealkylation sites (tertiary alicyclic amines) is 1. The van der Waals surface area contributed by atoms with Crippen molar-refractivity contribution in [2.24, 2.45) is 0 Å². The Balaban J connectivity index is 0. The van der Waals surface area contributed by atoms with Crippen LogP contribution in [0.1, 0.15) is 102 Å². The number of anilines is 1. The SMILES string of the molecule is C=C.C=CCNc1c(CCCCC)cc(-c2cnc(C)nc2)cc1C(=N)C(=C)C.CC.CC.CN1CCCC1.CNCc1cccc(C)c1F. The van der Waals surface area contributed by atoms with E-state index in [1.54, 1.807) is 19.1 Å². The minimum absolute atomic E-state index is 0.0955. The highest BCUT2D eigenvalue weighted by Crippen LogP contribution is 2.32. The molecule has 0 radical (unpaired) electrons. The molecular formula is C43H69FN6. The van der Waals surface area contributed by atoms with Crippen molar-refractivity contribution >= 4 is 11.4 Å². The Morgan fingerprint density at radius 3 is 2.06 bits per heavy atom. The number of aromatic nitrogens is 2. The quantitative estimate of drug-likeness (QED) is 0.100. The minimum atomic E-state index is -0.0955. The van der Waals surface area contributed by atoms with E-state index in [1.807, 2.05) is 79.2 Å². The van der Waals surface area contributed by atoms with Gasteiger partial charge in [0.05, 0.1) is 5.71 Å². The van der Waals surface area contributed by atoms with Gasteiger partial charge >= 0.3 is 0 Å². The van der Waals surface area contributed by atoms with Crippen LogP contribution >= 0.6 is 0 Å². The Bertz CT molecular complexity index is 1360. The number of unbranched alkanes of at least 4 members (excludes halogenated alkanes) is 2. The second-order valence-electron chi connectivity index (χ2n) is 11.4. The van der Waals surface area contributed by atoms with E-state index in [0.717, 1.165) is 52.2 Å². The highest BCUT2D eigenvalue weighted by Gasteiger charge is 2.16. The first-order valence-corrected chi connectivity index (χ1v) is 18.2. The van der Waals surface area contributed by atoms with Crippen molar-refractivity contribution in [2.75, 3.05) is 39.0 Å². The molecule has 3 N–H and O–H groups in total. The molecule has 1 aliphatic heterocycles. The molecule has 1 fully saturated rings. The molecule has 6 nitrogen and oxygen atoms in total. The van der Waals surface area contributed by atoms with Gasteiger partial charge in [-0.2, -0.15) is 0 Å². The van der Waals surface area contributed by atoms with Crippen molar-refractivity contribution in [3.05, 3.63) is 115 Å². The summed E-state index contributed by atoms with van der Waals surface area (Å²) in [6, 6.07) is 9.67. The van der Waals surface area contributed by atoms with Gasteiger partial charge in [-0.05, 0) is 108 Å². The molecule has 278 valence electrons. The van der Waals surface area contributed by atoms with Crippen LogP contribution in [0.4, 0.5) is 10.1 Å². The summed E-state index contributed by atoms with van der Waals surface area (Å²) in [6.45, 7) is 33.4. The average Bonchev–Trinajstić information content (AvgIpc) is 3.63. The summed E-state index contributed by atoms with van der Waals surface area (Å²) in [5.74, 6) is 0.656. The summed E-state index contributed by atoms with van der Waals surface area (Å²) in [5.41, 5.74) is 7.72. The lowest BCUT2D eigenvalue weighted by Crippen LogP contribution is -2.11. The van der Waals surface area contributed by atoms with Gasteiger partial charge in [-0.25, -0.2) is 14.4 Å². The van der Waals surface area contributed by atoms with Crippen LogP contribution in [0.25, 0.3) is 11.1 Å². The van der Waals surface area contributed by atoms with E-state index >= 15 is 0 Å². The van der Waals surface area contributed by atoms with Crippen LogP contribution in [0.5, 0.6) is 0 Å². The second kappa shape index (κ2) is 29.9. The number of nitrogens with one attached hydrogen (secondary N) is 3. The first-order chi connectivity index (χ1) is 24.1. The van der Waals surface area contributed by atoms with Crippen molar-refractivity contribution in [1.29, 1.82) is 5.41 Å². The first-order valence-electron chi connectivity index (χ1n) is 18.2. The molecule has 3 aromatic rings. The van der Waals surface area contributed by atoms with E-state index < -0.39 is 0 Å². The fourth-order valence-corrected chi connectivity index (χ4v) is 4.89. The van der Waals surface area contributed by atoms with Gasteiger partial charge in [0.2, 0.25) is 0 Å². The number of halogens is 1. The topological polar surface area (TPSA) is 76.9 Å². The number of hydrogen-bond donors (Lipinski definition) is 3. The standard InChI is InChI=1S/C23H30N4.C9H12FN.C5H11N.2C2H6.C2H4/c1-6-8-9-10-18-12-19(20-14-26-17(5)27-15-20)13-21(22(24)16(3)4)23(18)25-11-7-2;1-7-4-3-5-8(6-11-2)9(7)10;1-6-4-2-3-5-6;3*1-2/h7,12-15,24-25H,2-3,6,8-11H2,1,4-5H3;3-5,11H,6H2,1-2H3;2-5H2,1H3;2*1-2H3;1-2H2. The first kappa shape index (κ1) is 48.2. The number of benzene rings is 2. The zero-order valence-electron chi connectivity index (χ0n) is 33.2. The maximum Gasteiger partial charge on any atom is 0.130 e. The molecule has 0 saturated carbocycles. The summed E-state index contributed by atoms with van der Waals surface area (Å²) in [5, 5.41) is 14.9. The van der Waals surface area contributed by atoms with Gasteiger partial charge in [0.25, 0.3) is 0 Å². The molecule has 1 aromatic heterocycles. The summed E-state index contributed by atoms with van der Waals surface area (Å²) < 4.78 is 13.1. The average molecular weight is 689 g/mol. The number of aryl methyl sites for hydroxylation is 3. The van der Waals surface area contributed by atoms with Crippen molar-refractivity contribution in [1.82, 2.24) is 20.2 Å².